The van der Waals surface area contributed by atoms with Gasteiger partial charge in [0.1, 0.15) is 5.82 Å². The van der Waals surface area contributed by atoms with E-state index in [1.165, 1.54) is 24.8 Å². The Kier molecular flexibility index (Phi) is 7.97. The van der Waals surface area contributed by atoms with Crippen molar-refractivity contribution in [3.8, 4) is 0 Å². The first-order valence-corrected chi connectivity index (χ1v) is 9.25. The molecule has 132 valence electrons. The van der Waals surface area contributed by atoms with E-state index in [1.807, 2.05) is 0 Å². The Morgan fingerprint density at radius 1 is 1.29 bits per heavy atom. The summed E-state index contributed by atoms with van der Waals surface area (Å²) in [5.74, 6) is 2.95. The van der Waals surface area contributed by atoms with Crippen molar-refractivity contribution >= 4 is 41.3 Å². The Morgan fingerprint density at radius 2 is 2.21 bits per heavy atom. The molecule has 24 heavy (non-hydrogen) atoms. The maximum Gasteiger partial charge on any atom is 0.191 e. The van der Waals surface area contributed by atoms with Crippen molar-refractivity contribution in [3.05, 3.63) is 34.0 Å². The summed E-state index contributed by atoms with van der Waals surface area (Å²) in [5, 5.41) is 19.6. The molecule has 0 bridgehead atoms. The second-order valence-corrected chi connectivity index (χ2v) is 6.46. The maximum atomic E-state index is 4.63. The van der Waals surface area contributed by atoms with Gasteiger partial charge in [0.25, 0.3) is 0 Å². The number of hydrogen-bond acceptors (Lipinski definition) is 4. The van der Waals surface area contributed by atoms with Crippen LogP contribution >= 0.6 is 35.3 Å². The summed E-state index contributed by atoms with van der Waals surface area (Å²) in [4.78, 5) is 4.63. The van der Waals surface area contributed by atoms with Crippen LogP contribution in [0, 0.1) is 0 Å². The first-order valence-electron chi connectivity index (χ1n) is 8.31. The fourth-order valence-electron chi connectivity index (χ4n) is 2.73. The smallest absolute Gasteiger partial charge is 0.191 e. The normalized spacial score (nSPS) is 14.5. The third-order valence-corrected chi connectivity index (χ3v) is 4.68. The minimum Gasteiger partial charge on any atom is -0.357 e. The molecule has 3 rings (SSSR count). The molecule has 2 aromatic rings. The van der Waals surface area contributed by atoms with E-state index in [-0.39, 0.29) is 24.0 Å². The molecule has 2 N–H and O–H groups in total. The monoisotopic (exact) mass is 460 g/mol. The zero-order valence-electron chi connectivity index (χ0n) is 14.0. The molecule has 0 aliphatic carbocycles. The number of halogens is 1. The fourth-order valence-corrected chi connectivity index (χ4v) is 3.39. The Bertz CT molecular complexity index is 637. The standard InChI is InChI=1S/C16H24N6S.HI/c1-2-17-16(18-10-13-7-9-23-12-13)19-11-15-21-20-14-6-4-3-5-8-22(14)15;/h7,9,12H,2-6,8,10-11H2,1H3,(H2,17,18,19);1H. The number of fused-ring (bicyclic) bond motifs is 1. The molecule has 0 spiro atoms. The van der Waals surface area contributed by atoms with Gasteiger partial charge in [-0.05, 0) is 42.2 Å². The summed E-state index contributed by atoms with van der Waals surface area (Å²) in [6, 6.07) is 2.11. The van der Waals surface area contributed by atoms with Gasteiger partial charge in [-0.1, -0.05) is 6.42 Å². The Hall–Kier alpha value is -1.16. The summed E-state index contributed by atoms with van der Waals surface area (Å²) < 4.78 is 2.27. The summed E-state index contributed by atoms with van der Waals surface area (Å²) in [5.41, 5.74) is 1.24. The van der Waals surface area contributed by atoms with Crippen molar-refractivity contribution in [1.29, 1.82) is 0 Å². The molecule has 0 saturated heterocycles. The van der Waals surface area contributed by atoms with Crippen molar-refractivity contribution in [2.45, 2.75) is 52.2 Å². The van der Waals surface area contributed by atoms with E-state index < -0.39 is 0 Å². The molecular formula is C16H25IN6S. The van der Waals surface area contributed by atoms with E-state index >= 15 is 0 Å². The molecule has 0 aromatic carbocycles. The van der Waals surface area contributed by atoms with Gasteiger partial charge in [-0.2, -0.15) is 11.3 Å². The van der Waals surface area contributed by atoms with Gasteiger partial charge in [-0.15, -0.1) is 34.2 Å². The third-order valence-electron chi connectivity index (χ3n) is 3.94. The lowest BCUT2D eigenvalue weighted by atomic mass is 10.2. The van der Waals surface area contributed by atoms with Gasteiger partial charge in [-0.3, -0.25) is 0 Å². The van der Waals surface area contributed by atoms with Crippen LogP contribution < -0.4 is 10.6 Å². The van der Waals surface area contributed by atoms with Crippen LogP contribution in [0.25, 0.3) is 0 Å². The van der Waals surface area contributed by atoms with E-state index in [4.69, 9.17) is 0 Å². The first kappa shape index (κ1) is 19.2. The highest BCUT2D eigenvalue weighted by Crippen LogP contribution is 2.14. The van der Waals surface area contributed by atoms with Crippen LogP contribution in [0.5, 0.6) is 0 Å². The molecule has 1 aliphatic rings. The summed E-state index contributed by atoms with van der Waals surface area (Å²) >= 11 is 1.70. The van der Waals surface area contributed by atoms with E-state index in [1.54, 1.807) is 11.3 Å². The van der Waals surface area contributed by atoms with E-state index in [9.17, 15) is 0 Å². The Morgan fingerprint density at radius 3 is 3.00 bits per heavy atom. The average Bonchev–Trinajstić information content (AvgIpc) is 3.15. The number of guanidine groups is 1. The van der Waals surface area contributed by atoms with Crippen LogP contribution in [0.2, 0.25) is 0 Å². The average molecular weight is 460 g/mol. The van der Waals surface area contributed by atoms with E-state index in [2.05, 4.69) is 54.1 Å². The van der Waals surface area contributed by atoms with Crippen LogP contribution in [0.1, 0.15) is 43.4 Å². The van der Waals surface area contributed by atoms with Gasteiger partial charge >= 0.3 is 0 Å². The highest BCUT2D eigenvalue weighted by Gasteiger charge is 2.14. The molecule has 0 fully saturated rings. The second kappa shape index (κ2) is 9.97. The summed E-state index contributed by atoms with van der Waals surface area (Å²) in [6.07, 6.45) is 4.75. The largest absolute Gasteiger partial charge is 0.357 e. The highest BCUT2D eigenvalue weighted by atomic mass is 127. The van der Waals surface area contributed by atoms with Gasteiger partial charge in [0.15, 0.2) is 11.8 Å². The molecule has 0 radical (unpaired) electrons. The number of thiophene rings is 1. The number of aliphatic imine (C=N–C) groups is 1. The maximum absolute atomic E-state index is 4.63. The molecule has 3 heterocycles. The van der Waals surface area contributed by atoms with Crippen molar-refractivity contribution in [2.75, 3.05) is 6.54 Å². The van der Waals surface area contributed by atoms with Crippen molar-refractivity contribution in [1.82, 2.24) is 25.4 Å². The molecule has 0 saturated carbocycles. The highest BCUT2D eigenvalue weighted by molar-refractivity contribution is 14.0. The van der Waals surface area contributed by atoms with Gasteiger partial charge < -0.3 is 15.2 Å². The molecule has 0 amide bonds. The van der Waals surface area contributed by atoms with Crippen LogP contribution in [0.3, 0.4) is 0 Å². The quantitative estimate of drug-likeness (QED) is 0.409. The topological polar surface area (TPSA) is 67.1 Å². The molecule has 0 unspecified atom stereocenters. The Labute approximate surface area is 164 Å². The van der Waals surface area contributed by atoms with Crippen LogP contribution in [-0.4, -0.2) is 27.3 Å². The number of hydrogen-bond donors (Lipinski definition) is 2. The predicted octanol–water partition coefficient (Wildman–Crippen LogP) is 2.94. The van der Waals surface area contributed by atoms with Crippen LogP contribution in [0.4, 0.5) is 0 Å². The van der Waals surface area contributed by atoms with Crippen LogP contribution in [0.15, 0.2) is 21.8 Å². The second-order valence-electron chi connectivity index (χ2n) is 5.68. The third kappa shape index (κ3) is 5.17. The fraction of sp³-hybridized carbons (Fsp3) is 0.562. The van der Waals surface area contributed by atoms with Gasteiger partial charge in [0.2, 0.25) is 0 Å². The first-order chi connectivity index (χ1) is 11.4. The van der Waals surface area contributed by atoms with Gasteiger partial charge in [-0.25, -0.2) is 4.99 Å². The zero-order valence-corrected chi connectivity index (χ0v) is 17.1. The lowest BCUT2D eigenvalue weighted by molar-refractivity contribution is 0.596. The van der Waals surface area contributed by atoms with Gasteiger partial charge in [0.05, 0.1) is 13.1 Å². The lowest BCUT2D eigenvalue weighted by Crippen LogP contribution is -2.37. The number of nitrogens with one attached hydrogen (secondary N) is 2. The van der Waals surface area contributed by atoms with Crippen molar-refractivity contribution in [3.63, 3.8) is 0 Å². The zero-order chi connectivity index (χ0) is 15.9. The Balaban J connectivity index is 0.00000208. The number of aromatic nitrogens is 3. The number of rotatable bonds is 5. The van der Waals surface area contributed by atoms with Crippen LogP contribution in [-0.2, 0) is 26.1 Å². The minimum absolute atomic E-state index is 0. The van der Waals surface area contributed by atoms with Crippen molar-refractivity contribution in [2.24, 2.45) is 4.99 Å². The molecule has 6 nitrogen and oxygen atoms in total. The molecule has 2 aromatic heterocycles. The van der Waals surface area contributed by atoms with Crippen molar-refractivity contribution < 1.29 is 0 Å². The van der Waals surface area contributed by atoms with Gasteiger partial charge in [0, 0.05) is 19.5 Å². The summed E-state index contributed by atoms with van der Waals surface area (Å²) in [7, 11) is 0. The molecule has 0 atom stereocenters. The summed E-state index contributed by atoms with van der Waals surface area (Å²) in [6.45, 7) is 5.29. The lowest BCUT2D eigenvalue weighted by Gasteiger charge is -2.12. The van der Waals surface area contributed by atoms with E-state index in [0.29, 0.717) is 13.1 Å². The SMILES string of the molecule is CCNC(=NCc1ccsc1)NCc1nnc2n1CCCCC2.I. The minimum atomic E-state index is 0. The molecular weight excluding hydrogens is 435 g/mol. The van der Waals surface area contributed by atoms with E-state index in [0.717, 1.165) is 37.1 Å². The number of aryl methyl sites for hydroxylation is 1. The predicted molar refractivity (Wildman–Crippen MR) is 109 cm³/mol. The molecule has 1 aliphatic heterocycles. The molecule has 8 heteroatoms. The number of nitrogens with zero attached hydrogens (tertiary/aromatic N) is 4.